The second-order valence-electron chi connectivity index (χ2n) is 11.3. The summed E-state index contributed by atoms with van der Waals surface area (Å²) in [5, 5.41) is 5.03. The lowest BCUT2D eigenvalue weighted by Crippen LogP contribution is -2.35. The number of amides is 2. The first-order valence-electron chi connectivity index (χ1n) is 15.9. The van der Waals surface area contributed by atoms with Gasteiger partial charge in [-0.3, -0.25) is 19.4 Å². The summed E-state index contributed by atoms with van der Waals surface area (Å²) in [6.07, 6.45) is 0. The van der Waals surface area contributed by atoms with E-state index in [0.717, 1.165) is 11.1 Å². The first-order chi connectivity index (χ1) is 25.2. The van der Waals surface area contributed by atoms with Crippen LogP contribution in [0.1, 0.15) is 43.5 Å². The van der Waals surface area contributed by atoms with Crippen LogP contribution < -0.4 is 28.4 Å². The third-order valence-corrected chi connectivity index (χ3v) is 8.12. The van der Waals surface area contributed by atoms with Gasteiger partial charge >= 0.3 is 11.8 Å². The summed E-state index contributed by atoms with van der Waals surface area (Å²) in [7, 11) is 9.29. The van der Waals surface area contributed by atoms with Crippen LogP contribution in [0.25, 0.3) is 0 Å². The number of rotatable bonds is 19. The van der Waals surface area contributed by atoms with Gasteiger partial charge in [-0.15, -0.1) is 9.81 Å². The summed E-state index contributed by atoms with van der Waals surface area (Å²) < 4.78 is 33.8. The van der Waals surface area contributed by atoms with Gasteiger partial charge in [0, 0.05) is 73.9 Å². The fraction of sp³-hybridized carbons (Fsp3) is 0.333. The SMILES string of the molecule is COc1cc(OC)c(CN(CCN(Cc2cccc(C(=O)N=O)n2)Cc2c(OC)cc(OC)cc2OC)Cc2cccc(C(=O)N=O)n2)c(OC)c1. The predicted octanol–water partition coefficient (Wildman–Crippen LogP) is 5.05. The molecule has 0 saturated heterocycles. The molecular weight excluding hydrogens is 676 g/mol. The first kappa shape index (κ1) is 38.8. The van der Waals surface area contributed by atoms with E-state index in [2.05, 4.69) is 30.1 Å². The van der Waals surface area contributed by atoms with Gasteiger partial charge in [-0.1, -0.05) is 12.1 Å². The lowest BCUT2D eigenvalue weighted by atomic mass is 10.1. The molecular formula is C36H40N6O10. The standard InChI is InChI=1S/C36H40N6O10/c1-47-25-15-31(49-3)27(32(16-25)50-4)21-41(19-23-9-7-11-29(37-23)35(43)39-45)13-14-42(20-24-10-8-12-30(38-24)36(44)40-46)22-28-33(51-5)17-26(48-2)18-34(28)52-6/h7-12,15-18H,13-14,19-22H2,1-6H3. The van der Waals surface area contributed by atoms with Gasteiger partial charge < -0.3 is 28.4 Å². The summed E-state index contributed by atoms with van der Waals surface area (Å²) in [6, 6.07) is 16.6. The first-order valence-corrected chi connectivity index (χ1v) is 15.9. The molecule has 16 heteroatoms. The van der Waals surface area contributed by atoms with Gasteiger partial charge in [0.25, 0.3) is 0 Å². The maximum atomic E-state index is 12.1. The van der Waals surface area contributed by atoms with Crippen molar-refractivity contribution in [3.05, 3.63) is 104 Å². The van der Waals surface area contributed by atoms with E-state index in [4.69, 9.17) is 28.4 Å². The maximum Gasteiger partial charge on any atom is 0.334 e. The Balaban J connectivity index is 1.76. The second-order valence-corrected chi connectivity index (χ2v) is 11.3. The summed E-state index contributed by atoms with van der Waals surface area (Å²) in [6.45, 7) is 1.90. The molecule has 0 aliphatic carbocycles. The van der Waals surface area contributed by atoms with Crippen molar-refractivity contribution in [1.82, 2.24) is 19.8 Å². The van der Waals surface area contributed by atoms with Crippen molar-refractivity contribution in [2.75, 3.05) is 55.7 Å². The highest BCUT2D eigenvalue weighted by atomic mass is 16.5. The van der Waals surface area contributed by atoms with Crippen LogP contribution in [0, 0.1) is 9.81 Å². The van der Waals surface area contributed by atoms with Crippen molar-refractivity contribution in [1.29, 1.82) is 0 Å². The highest BCUT2D eigenvalue weighted by molar-refractivity contribution is 5.93. The lowest BCUT2D eigenvalue weighted by molar-refractivity contribution is 0.0987. The zero-order chi connectivity index (χ0) is 37.6. The average Bonchev–Trinajstić information content (AvgIpc) is 3.19. The number of methoxy groups -OCH3 is 6. The van der Waals surface area contributed by atoms with Gasteiger partial charge in [-0.2, -0.15) is 0 Å². The molecule has 0 N–H and O–H groups in total. The minimum atomic E-state index is -0.974. The number of benzene rings is 2. The van der Waals surface area contributed by atoms with Crippen LogP contribution in [0.3, 0.4) is 0 Å². The smallest absolute Gasteiger partial charge is 0.334 e. The molecule has 0 aliphatic heterocycles. The van der Waals surface area contributed by atoms with E-state index >= 15 is 0 Å². The van der Waals surface area contributed by atoms with E-state index in [1.807, 2.05) is 0 Å². The van der Waals surface area contributed by atoms with Gasteiger partial charge in [-0.25, -0.2) is 9.97 Å². The van der Waals surface area contributed by atoms with Gasteiger partial charge in [0.2, 0.25) is 0 Å². The molecule has 0 fully saturated rings. The number of carbonyl (C=O) groups is 2. The molecule has 4 aromatic rings. The van der Waals surface area contributed by atoms with E-state index in [0.29, 0.717) is 72.1 Å². The van der Waals surface area contributed by atoms with Crippen LogP contribution in [-0.2, 0) is 26.2 Å². The monoisotopic (exact) mass is 716 g/mol. The van der Waals surface area contributed by atoms with Crippen LogP contribution in [0.2, 0.25) is 0 Å². The Morgan fingerprint density at radius 2 is 0.885 bits per heavy atom. The van der Waals surface area contributed by atoms with Crippen molar-refractivity contribution in [3.63, 3.8) is 0 Å². The molecule has 0 bridgehead atoms. The zero-order valence-electron chi connectivity index (χ0n) is 29.8. The van der Waals surface area contributed by atoms with Crippen molar-refractivity contribution in [3.8, 4) is 34.5 Å². The van der Waals surface area contributed by atoms with E-state index in [1.165, 1.54) is 12.1 Å². The van der Waals surface area contributed by atoms with Crippen LogP contribution in [0.5, 0.6) is 34.5 Å². The normalized spacial score (nSPS) is 10.8. The Hall–Kier alpha value is -6.00. The molecule has 2 aromatic carbocycles. The van der Waals surface area contributed by atoms with Crippen molar-refractivity contribution in [2.45, 2.75) is 26.2 Å². The molecule has 2 aromatic heterocycles. The molecule has 0 radical (unpaired) electrons. The number of pyridine rings is 2. The highest BCUT2D eigenvalue weighted by Gasteiger charge is 2.22. The zero-order valence-corrected chi connectivity index (χ0v) is 29.8. The molecule has 0 spiro atoms. The average molecular weight is 717 g/mol. The van der Waals surface area contributed by atoms with E-state index < -0.39 is 11.8 Å². The predicted molar refractivity (Wildman–Crippen MR) is 189 cm³/mol. The Morgan fingerprint density at radius 1 is 0.538 bits per heavy atom. The molecule has 16 nitrogen and oxygen atoms in total. The molecule has 4 rings (SSSR count). The maximum absolute atomic E-state index is 12.1. The van der Waals surface area contributed by atoms with Crippen LogP contribution >= 0.6 is 0 Å². The van der Waals surface area contributed by atoms with Gasteiger partial charge in [-0.05, 0) is 24.3 Å². The largest absolute Gasteiger partial charge is 0.496 e. The topological polar surface area (TPSA) is 181 Å². The summed E-state index contributed by atoms with van der Waals surface area (Å²) in [4.78, 5) is 59.1. The van der Waals surface area contributed by atoms with Gasteiger partial charge in [0.1, 0.15) is 45.9 Å². The second kappa shape index (κ2) is 18.8. The summed E-state index contributed by atoms with van der Waals surface area (Å²) >= 11 is 0. The minimum absolute atomic E-state index is 0.0716. The van der Waals surface area contributed by atoms with Crippen molar-refractivity contribution < 1.29 is 38.0 Å². The van der Waals surface area contributed by atoms with Gasteiger partial charge in [0.05, 0.1) is 65.2 Å². The number of nitroso groups, excluding NO2 is 2. The van der Waals surface area contributed by atoms with E-state index in [9.17, 15) is 19.4 Å². The number of aromatic nitrogens is 2. The number of hydrogen-bond donors (Lipinski definition) is 0. The fourth-order valence-electron chi connectivity index (χ4n) is 5.55. The Labute approximate surface area is 300 Å². The molecule has 0 aliphatic rings. The third-order valence-electron chi connectivity index (χ3n) is 8.12. The van der Waals surface area contributed by atoms with Crippen molar-refractivity contribution >= 4 is 11.8 Å². The molecule has 52 heavy (non-hydrogen) atoms. The minimum Gasteiger partial charge on any atom is -0.496 e. The van der Waals surface area contributed by atoms with Crippen LogP contribution in [-0.4, -0.2) is 87.3 Å². The van der Waals surface area contributed by atoms with Crippen LogP contribution in [0.4, 0.5) is 0 Å². The fourth-order valence-corrected chi connectivity index (χ4v) is 5.55. The van der Waals surface area contributed by atoms with E-state index in [-0.39, 0.29) is 24.5 Å². The molecule has 0 atom stereocenters. The third kappa shape index (κ3) is 9.82. The van der Waals surface area contributed by atoms with Crippen LogP contribution in [0.15, 0.2) is 71.0 Å². The quantitative estimate of drug-likeness (QED) is 0.118. The molecule has 0 saturated carbocycles. The number of carbonyl (C=O) groups excluding carboxylic acids is 2. The molecule has 2 heterocycles. The van der Waals surface area contributed by atoms with E-state index in [1.54, 1.807) is 91.2 Å². The lowest BCUT2D eigenvalue weighted by Gasteiger charge is -2.29. The molecule has 2 amide bonds. The number of ether oxygens (including phenoxy) is 6. The highest BCUT2D eigenvalue weighted by Crippen LogP contribution is 2.37. The number of nitrogens with zero attached hydrogens (tertiary/aromatic N) is 6. The van der Waals surface area contributed by atoms with Gasteiger partial charge in [0.15, 0.2) is 0 Å². The summed E-state index contributed by atoms with van der Waals surface area (Å²) in [5.74, 6) is 1.26. The molecule has 274 valence electrons. The Morgan fingerprint density at radius 3 is 1.17 bits per heavy atom. The Bertz CT molecular complexity index is 1700. The Kier molecular flexibility index (Phi) is 14.1. The summed E-state index contributed by atoms with van der Waals surface area (Å²) in [5.41, 5.74) is 2.34. The molecule has 0 unspecified atom stereocenters. The van der Waals surface area contributed by atoms with Crippen molar-refractivity contribution in [2.24, 2.45) is 10.4 Å². The number of hydrogen-bond acceptors (Lipinski definition) is 14.